The molecule has 3 rings (SSSR count). The van der Waals surface area contributed by atoms with Crippen molar-refractivity contribution in [2.45, 2.75) is 0 Å². The number of H-pyrrole nitrogens is 1. The summed E-state index contributed by atoms with van der Waals surface area (Å²) >= 11 is 0. The van der Waals surface area contributed by atoms with Crippen LogP contribution < -0.4 is 11.5 Å². The van der Waals surface area contributed by atoms with E-state index < -0.39 is 5.91 Å². The van der Waals surface area contributed by atoms with Crippen LogP contribution in [0.5, 0.6) is 0 Å². The number of anilines is 1. The van der Waals surface area contributed by atoms with Gasteiger partial charge in [0.25, 0.3) is 5.91 Å². The molecule has 1 amide bonds. The number of nitrogens with one attached hydrogen (secondary N) is 1. The van der Waals surface area contributed by atoms with E-state index in [9.17, 15) is 4.79 Å². The minimum absolute atomic E-state index is 0.104. The number of nitrogen functional groups attached to an aromatic ring is 1. The lowest BCUT2D eigenvalue weighted by atomic mass is 10.0. The number of nitrogens with zero attached hydrogens (tertiary/aromatic N) is 2. The standard InChI is InChI=1S/C13H11N5O/c14-12(19)9-6-17-13(15)18-11(9)8-2-1-3-10-7(8)4-5-16-10/h1-6,16H,(H2,14,19)(H2,15,17,18). The number of aromatic amines is 1. The van der Waals surface area contributed by atoms with E-state index in [4.69, 9.17) is 11.5 Å². The molecule has 0 spiro atoms. The second-order valence-electron chi connectivity index (χ2n) is 4.10. The molecule has 0 aliphatic heterocycles. The van der Waals surface area contributed by atoms with E-state index in [-0.39, 0.29) is 11.5 Å². The van der Waals surface area contributed by atoms with E-state index >= 15 is 0 Å². The maximum Gasteiger partial charge on any atom is 0.252 e. The van der Waals surface area contributed by atoms with Crippen molar-refractivity contribution in [3.8, 4) is 11.3 Å². The Labute approximate surface area is 108 Å². The SMILES string of the molecule is NC(=O)c1cnc(N)nc1-c1cccc2[nH]ccc12. The van der Waals surface area contributed by atoms with Crippen molar-refractivity contribution in [3.05, 3.63) is 42.2 Å². The summed E-state index contributed by atoms with van der Waals surface area (Å²) < 4.78 is 0. The van der Waals surface area contributed by atoms with Gasteiger partial charge in [-0.15, -0.1) is 0 Å². The highest BCUT2D eigenvalue weighted by atomic mass is 16.1. The van der Waals surface area contributed by atoms with Crippen molar-refractivity contribution < 1.29 is 4.79 Å². The van der Waals surface area contributed by atoms with Gasteiger partial charge >= 0.3 is 0 Å². The zero-order chi connectivity index (χ0) is 13.4. The topological polar surface area (TPSA) is 111 Å². The van der Waals surface area contributed by atoms with Gasteiger partial charge in [0.15, 0.2) is 0 Å². The van der Waals surface area contributed by atoms with E-state index in [1.165, 1.54) is 6.20 Å². The molecule has 0 saturated carbocycles. The molecule has 5 N–H and O–H groups in total. The van der Waals surface area contributed by atoms with Crippen molar-refractivity contribution in [3.63, 3.8) is 0 Å². The molecule has 0 fully saturated rings. The molecule has 3 aromatic rings. The molecule has 0 radical (unpaired) electrons. The number of rotatable bonds is 2. The van der Waals surface area contributed by atoms with Crippen LogP contribution in [0.4, 0.5) is 5.95 Å². The van der Waals surface area contributed by atoms with Gasteiger partial charge in [-0.2, -0.15) is 0 Å². The molecule has 2 heterocycles. The van der Waals surface area contributed by atoms with Crippen LogP contribution in [0, 0.1) is 0 Å². The number of carbonyl (C=O) groups is 1. The number of fused-ring (bicyclic) bond motifs is 1. The summed E-state index contributed by atoms with van der Waals surface area (Å²) in [4.78, 5) is 22.5. The fraction of sp³-hybridized carbons (Fsp3) is 0. The third-order valence-corrected chi connectivity index (χ3v) is 2.92. The molecule has 0 atom stereocenters. The molecule has 2 aromatic heterocycles. The molecular weight excluding hydrogens is 242 g/mol. The summed E-state index contributed by atoms with van der Waals surface area (Å²) in [5, 5.41) is 0.947. The minimum Gasteiger partial charge on any atom is -0.368 e. The van der Waals surface area contributed by atoms with Crippen molar-refractivity contribution in [2.24, 2.45) is 5.73 Å². The van der Waals surface area contributed by atoms with Crippen molar-refractivity contribution in [1.82, 2.24) is 15.0 Å². The van der Waals surface area contributed by atoms with E-state index in [1.54, 1.807) is 0 Å². The highest BCUT2D eigenvalue weighted by molar-refractivity contribution is 6.03. The number of primary amides is 1. The monoisotopic (exact) mass is 253 g/mol. The maximum atomic E-state index is 11.5. The van der Waals surface area contributed by atoms with Gasteiger partial charge in [-0.05, 0) is 12.1 Å². The highest BCUT2D eigenvalue weighted by Crippen LogP contribution is 2.29. The number of hydrogen-bond donors (Lipinski definition) is 3. The Morgan fingerprint density at radius 3 is 2.89 bits per heavy atom. The maximum absolute atomic E-state index is 11.5. The average Bonchev–Trinajstić information content (AvgIpc) is 2.86. The first-order valence-corrected chi connectivity index (χ1v) is 5.65. The number of hydrogen-bond acceptors (Lipinski definition) is 4. The summed E-state index contributed by atoms with van der Waals surface area (Å²) in [5.41, 5.74) is 13.4. The largest absolute Gasteiger partial charge is 0.368 e. The van der Waals surface area contributed by atoms with E-state index in [0.717, 1.165) is 16.5 Å². The van der Waals surface area contributed by atoms with E-state index in [2.05, 4.69) is 15.0 Å². The van der Waals surface area contributed by atoms with E-state index in [0.29, 0.717) is 5.69 Å². The zero-order valence-electron chi connectivity index (χ0n) is 9.92. The van der Waals surface area contributed by atoms with Crippen LogP contribution in [0.1, 0.15) is 10.4 Å². The Balaban J connectivity index is 2.35. The lowest BCUT2D eigenvalue weighted by molar-refractivity contribution is 0.100. The molecule has 0 aliphatic carbocycles. The van der Waals surface area contributed by atoms with Crippen molar-refractivity contribution in [1.29, 1.82) is 0 Å². The number of carbonyl (C=O) groups excluding carboxylic acids is 1. The normalized spacial score (nSPS) is 10.7. The fourth-order valence-electron chi connectivity index (χ4n) is 2.07. The third-order valence-electron chi connectivity index (χ3n) is 2.92. The van der Waals surface area contributed by atoms with Gasteiger partial charge in [0, 0.05) is 28.9 Å². The Morgan fingerprint density at radius 1 is 1.26 bits per heavy atom. The first-order valence-electron chi connectivity index (χ1n) is 5.65. The van der Waals surface area contributed by atoms with Crippen LogP contribution in [0.3, 0.4) is 0 Å². The summed E-state index contributed by atoms with van der Waals surface area (Å²) in [6.45, 7) is 0. The molecule has 0 bridgehead atoms. The van der Waals surface area contributed by atoms with Crippen LogP contribution >= 0.6 is 0 Å². The second kappa shape index (κ2) is 4.09. The summed E-state index contributed by atoms with van der Waals surface area (Å²) in [6, 6.07) is 7.59. The number of aromatic nitrogens is 3. The van der Waals surface area contributed by atoms with Gasteiger partial charge in [-0.1, -0.05) is 12.1 Å². The summed E-state index contributed by atoms with van der Waals surface area (Å²) in [7, 11) is 0. The molecule has 94 valence electrons. The van der Waals surface area contributed by atoms with Crippen molar-refractivity contribution >= 4 is 22.8 Å². The molecule has 19 heavy (non-hydrogen) atoms. The number of nitrogens with two attached hydrogens (primary N) is 2. The van der Waals surface area contributed by atoms with Gasteiger partial charge in [-0.3, -0.25) is 4.79 Å². The predicted molar refractivity (Wildman–Crippen MR) is 72.3 cm³/mol. The van der Waals surface area contributed by atoms with Gasteiger partial charge in [0.2, 0.25) is 5.95 Å². The first kappa shape index (κ1) is 11.2. The third kappa shape index (κ3) is 1.79. The molecule has 0 unspecified atom stereocenters. The lowest BCUT2D eigenvalue weighted by Crippen LogP contribution is -2.14. The van der Waals surface area contributed by atoms with Gasteiger partial charge < -0.3 is 16.5 Å². The summed E-state index contributed by atoms with van der Waals surface area (Å²) in [6.07, 6.45) is 3.17. The smallest absolute Gasteiger partial charge is 0.252 e. The Kier molecular flexibility index (Phi) is 2.42. The number of benzene rings is 1. The number of amides is 1. The average molecular weight is 253 g/mol. The second-order valence-corrected chi connectivity index (χ2v) is 4.10. The molecular formula is C13H11N5O. The Bertz CT molecular complexity index is 778. The molecule has 1 aromatic carbocycles. The van der Waals surface area contributed by atoms with Gasteiger partial charge in [0.05, 0.1) is 11.3 Å². The zero-order valence-corrected chi connectivity index (χ0v) is 9.92. The van der Waals surface area contributed by atoms with Crippen LogP contribution in [0.2, 0.25) is 0 Å². The van der Waals surface area contributed by atoms with Crippen molar-refractivity contribution in [2.75, 3.05) is 5.73 Å². The summed E-state index contributed by atoms with van der Waals surface area (Å²) in [5.74, 6) is -0.477. The molecule has 6 nitrogen and oxygen atoms in total. The van der Waals surface area contributed by atoms with Crippen LogP contribution in [0.15, 0.2) is 36.7 Å². The Hall–Kier alpha value is -2.89. The first-order chi connectivity index (χ1) is 9.16. The predicted octanol–water partition coefficient (Wildman–Crippen LogP) is 1.31. The quantitative estimate of drug-likeness (QED) is 0.639. The molecule has 6 heteroatoms. The van der Waals surface area contributed by atoms with Gasteiger partial charge in [-0.25, -0.2) is 9.97 Å². The molecule has 0 saturated heterocycles. The molecule has 0 aliphatic rings. The minimum atomic E-state index is -0.581. The fourth-order valence-corrected chi connectivity index (χ4v) is 2.07. The van der Waals surface area contributed by atoms with Crippen LogP contribution in [0.25, 0.3) is 22.2 Å². The van der Waals surface area contributed by atoms with E-state index in [1.807, 2.05) is 30.5 Å². The Morgan fingerprint density at radius 2 is 2.11 bits per heavy atom. The van der Waals surface area contributed by atoms with Crippen LogP contribution in [-0.4, -0.2) is 20.9 Å². The van der Waals surface area contributed by atoms with Crippen LogP contribution in [-0.2, 0) is 0 Å². The highest BCUT2D eigenvalue weighted by Gasteiger charge is 2.15. The lowest BCUT2D eigenvalue weighted by Gasteiger charge is -2.07. The van der Waals surface area contributed by atoms with Gasteiger partial charge in [0.1, 0.15) is 0 Å².